The molecule has 1 heterocycles. The van der Waals surface area contributed by atoms with E-state index in [1.807, 2.05) is 0 Å². The molecular formula is C19H18ClF3N2O4. The molecule has 1 N–H and O–H groups in total. The van der Waals surface area contributed by atoms with E-state index >= 15 is 0 Å². The SMILES string of the molecule is O=C(CO[C@H]1C[C@@H](OC(F)(F)F)C1)NC12CC(c3nc4cc(Cl)ccc4o3)(C1)C2. The van der Waals surface area contributed by atoms with E-state index in [2.05, 4.69) is 15.0 Å². The predicted molar refractivity (Wildman–Crippen MR) is 95.3 cm³/mol. The van der Waals surface area contributed by atoms with Gasteiger partial charge in [0.1, 0.15) is 12.1 Å². The second-order valence-electron chi connectivity index (χ2n) is 8.36. The molecule has 2 bridgehead atoms. The first-order valence-corrected chi connectivity index (χ1v) is 9.75. The fraction of sp³-hybridized carbons (Fsp3) is 0.579. The molecule has 4 fully saturated rings. The van der Waals surface area contributed by atoms with Gasteiger partial charge in [0.15, 0.2) is 5.58 Å². The Kier molecular flexibility index (Phi) is 4.18. The van der Waals surface area contributed by atoms with Crippen LogP contribution < -0.4 is 5.32 Å². The van der Waals surface area contributed by atoms with Crippen LogP contribution in [0.5, 0.6) is 0 Å². The third-order valence-corrected chi connectivity index (χ3v) is 6.28. The molecular weight excluding hydrogens is 413 g/mol. The van der Waals surface area contributed by atoms with Crippen molar-refractivity contribution in [3.63, 3.8) is 0 Å². The van der Waals surface area contributed by atoms with Crippen LogP contribution in [0.25, 0.3) is 11.1 Å². The molecule has 29 heavy (non-hydrogen) atoms. The Morgan fingerprint density at radius 1 is 1.28 bits per heavy atom. The highest BCUT2D eigenvalue weighted by molar-refractivity contribution is 6.31. The average Bonchev–Trinajstić information content (AvgIpc) is 2.93. The third kappa shape index (κ3) is 3.49. The van der Waals surface area contributed by atoms with Crippen LogP contribution in [-0.2, 0) is 19.7 Å². The van der Waals surface area contributed by atoms with E-state index in [-0.39, 0.29) is 42.4 Å². The molecule has 0 radical (unpaired) electrons. The number of alkyl halides is 3. The van der Waals surface area contributed by atoms with E-state index in [0.717, 1.165) is 24.8 Å². The molecule has 0 aliphatic heterocycles. The summed E-state index contributed by atoms with van der Waals surface area (Å²) in [6.45, 7) is -0.167. The molecule has 2 aromatic rings. The van der Waals surface area contributed by atoms with Crippen molar-refractivity contribution in [2.75, 3.05) is 6.61 Å². The molecule has 10 heteroatoms. The van der Waals surface area contributed by atoms with Gasteiger partial charge in [0, 0.05) is 23.4 Å². The Hall–Kier alpha value is -1.84. The monoisotopic (exact) mass is 430 g/mol. The maximum Gasteiger partial charge on any atom is 0.522 e. The first-order valence-electron chi connectivity index (χ1n) is 9.38. The van der Waals surface area contributed by atoms with Crippen molar-refractivity contribution in [3.05, 3.63) is 29.1 Å². The fourth-order valence-electron chi connectivity index (χ4n) is 4.74. The van der Waals surface area contributed by atoms with E-state index in [4.69, 9.17) is 20.8 Å². The van der Waals surface area contributed by atoms with Crippen molar-refractivity contribution >= 4 is 28.6 Å². The minimum absolute atomic E-state index is 0.142. The number of benzene rings is 1. The van der Waals surface area contributed by atoms with E-state index in [0.29, 0.717) is 16.5 Å². The van der Waals surface area contributed by atoms with Gasteiger partial charge in [-0.05, 0) is 37.5 Å². The Morgan fingerprint density at radius 2 is 2.00 bits per heavy atom. The van der Waals surface area contributed by atoms with Crippen LogP contribution in [0.15, 0.2) is 22.6 Å². The quantitative estimate of drug-likeness (QED) is 0.753. The molecule has 1 aromatic heterocycles. The van der Waals surface area contributed by atoms with Crippen molar-refractivity contribution in [2.45, 2.75) is 61.6 Å². The van der Waals surface area contributed by atoms with Crippen molar-refractivity contribution < 1.29 is 31.9 Å². The summed E-state index contributed by atoms with van der Waals surface area (Å²) >= 11 is 5.98. The van der Waals surface area contributed by atoms with Gasteiger partial charge in [-0.25, -0.2) is 4.98 Å². The van der Waals surface area contributed by atoms with Crippen LogP contribution in [0.2, 0.25) is 5.02 Å². The van der Waals surface area contributed by atoms with Gasteiger partial charge in [-0.15, -0.1) is 13.2 Å². The number of carbonyl (C=O) groups excluding carboxylic acids is 1. The summed E-state index contributed by atoms with van der Waals surface area (Å²) in [5, 5.41) is 3.58. The number of nitrogens with zero attached hydrogens (tertiary/aromatic N) is 1. The number of rotatable bonds is 6. The average molecular weight is 431 g/mol. The van der Waals surface area contributed by atoms with Gasteiger partial charge in [0.05, 0.1) is 17.6 Å². The standard InChI is InChI=1S/C19H18ClF3N2O4/c20-10-1-2-14-13(3-10)24-16(28-14)17-7-18(8-17,9-17)25-15(26)6-27-11-4-12(5-11)29-19(21,22)23/h1-3,11-12H,4-9H2,(H,25,26)/t11-,12+,17?,18?. The fourth-order valence-corrected chi connectivity index (χ4v) is 4.91. The Morgan fingerprint density at radius 3 is 2.69 bits per heavy atom. The lowest BCUT2D eigenvalue weighted by Gasteiger charge is -2.68. The topological polar surface area (TPSA) is 73.6 Å². The maximum atomic E-state index is 12.1. The van der Waals surface area contributed by atoms with E-state index in [1.165, 1.54) is 0 Å². The van der Waals surface area contributed by atoms with Crippen molar-refractivity contribution in [1.82, 2.24) is 10.3 Å². The van der Waals surface area contributed by atoms with E-state index in [9.17, 15) is 18.0 Å². The number of oxazole rings is 1. The highest BCUT2D eigenvalue weighted by atomic mass is 35.5. The van der Waals surface area contributed by atoms with Gasteiger partial charge >= 0.3 is 6.36 Å². The van der Waals surface area contributed by atoms with Gasteiger partial charge in [-0.3, -0.25) is 9.53 Å². The van der Waals surface area contributed by atoms with Crippen LogP contribution in [-0.4, -0.2) is 41.6 Å². The summed E-state index contributed by atoms with van der Waals surface area (Å²) in [5.74, 6) is 0.412. The van der Waals surface area contributed by atoms with E-state index in [1.54, 1.807) is 18.2 Å². The van der Waals surface area contributed by atoms with Crippen LogP contribution in [0.3, 0.4) is 0 Å². The second kappa shape index (κ2) is 6.33. The number of aromatic nitrogens is 1. The Labute approximate surface area is 168 Å². The number of carbonyl (C=O) groups is 1. The molecule has 6 nitrogen and oxygen atoms in total. The number of nitrogens with one attached hydrogen (secondary N) is 1. The Bertz CT molecular complexity index is 950. The molecule has 4 saturated carbocycles. The molecule has 156 valence electrons. The highest BCUT2D eigenvalue weighted by Crippen LogP contribution is 2.67. The van der Waals surface area contributed by atoms with E-state index < -0.39 is 12.5 Å². The normalized spacial score (nSPS) is 33.0. The second-order valence-corrected chi connectivity index (χ2v) is 8.80. The molecule has 4 aliphatic rings. The zero-order valence-corrected chi connectivity index (χ0v) is 16.0. The molecule has 6 rings (SSSR count). The lowest BCUT2D eigenvalue weighted by molar-refractivity contribution is -0.357. The summed E-state index contributed by atoms with van der Waals surface area (Å²) < 4.78 is 51.4. The molecule has 1 amide bonds. The smallest absolute Gasteiger partial charge is 0.440 e. The van der Waals surface area contributed by atoms with Gasteiger partial charge in [0.2, 0.25) is 11.8 Å². The van der Waals surface area contributed by atoms with Crippen LogP contribution in [0.1, 0.15) is 38.0 Å². The Balaban J connectivity index is 1.08. The number of fused-ring (bicyclic) bond motifs is 1. The van der Waals surface area contributed by atoms with Gasteiger partial charge in [-0.2, -0.15) is 0 Å². The first kappa shape index (κ1) is 19.1. The van der Waals surface area contributed by atoms with Crippen LogP contribution >= 0.6 is 11.6 Å². The first-order chi connectivity index (χ1) is 13.6. The minimum atomic E-state index is -4.63. The summed E-state index contributed by atoms with van der Waals surface area (Å²) in [4.78, 5) is 16.7. The van der Waals surface area contributed by atoms with Crippen molar-refractivity contribution in [1.29, 1.82) is 0 Å². The summed E-state index contributed by atoms with van der Waals surface area (Å²) in [6.07, 6.45) is -3.36. The number of halogens is 4. The number of hydrogen-bond donors (Lipinski definition) is 1. The number of hydrogen-bond acceptors (Lipinski definition) is 5. The predicted octanol–water partition coefficient (Wildman–Crippen LogP) is 3.86. The van der Waals surface area contributed by atoms with Crippen molar-refractivity contribution in [2.24, 2.45) is 0 Å². The summed E-state index contributed by atoms with van der Waals surface area (Å²) in [5.41, 5.74) is 1.00. The summed E-state index contributed by atoms with van der Waals surface area (Å²) in [7, 11) is 0. The molecule has 0 spiro atoms. The zero-order chi connectivity index (χ0) is 20.4. The van der Waals surface area contributed by atoms with Gasteiger partial charge in [0.25, 0.3) is 0 Å². The molecule has 0 saturated heterocycles. The zero-order valence-electron chi connectivity index (χ0n) is 15.2. The van der Waals surface area contributed by atoms with Gasteiger partial charge < -0.3 is 14.5 Å². The number of ether oxygens (including phenoxy) is 2. The van der Waals surface area contributed by atoms with Crippen molar-refractivity contribution in [3.8, 4) is 0 Å². The minimum Gasteiger partial charge on any atom is -0.440 e. The molecule has 1 aromatic carbocycles. The molecule has 0 unspecified atom stereocenters. The van der Waals surface area contributed by atoms with Crippen LogP contribution in [0, 0.1) is 0 Å². The molecule has 0 atom stereocenters. The lowest BCUT2D eigenvalue weighted by atomic mass is 9.39. The number of amides is 1. The largest absolute Gasteiger partial charge is 0.522 e. The molecule has 4 aliphatic carbocycles. The third-order valence-electron chi connectivity index (χ3n) is 6.04. The maximum absolute atomic E-state index is 12.1. The highest BCUT2D eigenvalue weighted by Gasteiger charge is 2.71. The van der Waals surface area contributed by atoms with Crippen LogP contribution in [0.4, 0.5) is 13.2 Å². The summed E-state index contributed by atoms with van der Waals surface area (Å²) in [6, 6.07) is 5.30. The lowest BCUT2D eigenvalue weighted by Crippen LogP contribution is -2.77. The van der Waals surface area contributed by atoms with Gasteiger partial charge in [-0.1, -0.05) is 11.6 Å².